The zero-order valence-corrected chi connectivity index (χ0v) is 16.8. The Morgan fingerprint density at radius 3 is 2.32 bits per heavy atom. The van der Waals surface area contributed by atoms with Crippen molar-refractivity contribution in [2.24, 2.45) is 5.92 Å². The lowest BCUT2D eigenvalue weighted by Crippen LogP contribution is -2.58. The van der Waals surface area contributed by atoms with E-state index in [4.69, 9.17) is 0 Å². The fraction of sp³-hybridized carbons (Fsp3) is 0.850. The number of rotatable bonds is 2. The van der Waals surface area contributed by atoms with Gasteiger partial charge in [0.2, 0.25) is 11.8 Å². The summed E-state index contributed by atoms with van der Waals surface area (Å²) in [5, 5.41) is 3.11. The first kappa shape index (κ1) is 19.5. The van der Waals surface area contributed by atoms with E-state index in [1.165, 1.54) is 0 Å². The number of nitrogens with one attached hydrogen (secondary N) is 1. The van der Waals surface area contributed by atoms with Crippen LogP contribution in [-0.2, 0) is 9.59 Å². The molecule has 4 fully saturated rings. The molecular formula is C20H33N5O3. The van der Waals surface area contributed by atoms with Gasteiger partial charge in [0.25, 0.3) is 0 Å². The van der Waals surface area contributed by atoms with E-state index < -0.39 is 0 Å². The van der Waals surface area contributed by atoms with E-state index >= 15 is 0 Å². The normalized spacial score (nSPS) is 29.4. The summed E-state index contributed by atoms with van der Waals surface area (Å²) in [6.07, 6.45) is 5.83. The first-order valence-electron chi connectivity index (χ1n) is 11.0. The van der Waals surface area contributed by atoms with E-state index in [0.29, 0.717) is 19.6 Å². The van der Waals surface area contributed by atoms with Crippen molar-refractivity contribution in [2.75, 3.05) is 58.9 Å². The molecule has 0 aromatic heterocycles. The number of hydrogen-bond donors (Lipinski definition) is 1. The highest BCUT2D eigenvalue weighted by Gasteiger charge is 2.37. The van der Waals surface area contributed by atoms with Gasteiger partial charge in [-0.3, -0.25) is 9.59 Å². The Balaban J connectivity index is 1.35. The van der Waals surface area contributed by atoms with Crippen molar-refractivity contribution >= 4 is 17.8 Å². The monoisotopic (exact) mass is 391 g/mol. The lowest BCUT2D eigenvalue weighted by molar-refractivity contribution is -0.143. The van der Waals surface area contributed by atoms with Gasteiger partial charge in [0.05, 0.1) is 12.5 Å². The molecule has 8 nitrogen and oxygen atoms in total. The van der Waals surface area contributed by atoms with Crippen molar-refractivity contribution in [1.82, 2.24) is 24.9 Å². The van der Waals surface area contributed by atoms with Gasteiger partial charge < -0.3 is 24.9 Å². The molecule has 4 saturated heterocycles. The molecule has 0 spiro atoms. The van der Waals surface area contributed by atoms with Gasteiger partial charge in [0.1, 0.15) is 0 Å². The van der Waals surface area contributed by atoms with Gasteiger partial charge in [-0.1, -0.05) is 0 Å². The third-order valence-electron chi connectivity index (χ3n) is 6.69. The number of piperazine rings is 1. The van der Waals surface area contributed by atoms with Gasteiger partial charge in [-0.25, -0.2) is 4.79 Å². The molecule has 0 aromatic rings. The maximum atomic E-state index is 13.2. The van der Waals surface area contributed by atoms with E-state index in [-0.39, 0.29) is 29.8 Å². The molecule has 0 aromatic carbocycles. The predicted octanol–water partition coefficient (Wildman–Crippen LogP) is 0.337. The van der Waals surface area contributed by atoms with Crippen molar-refractivity contribution in [3.63, 3.8) is 0 Å². The van der Waals surface area contributed by atoms with Crippen molar-refractivity contribution in [3.05, 3.63) is 0 Å². The van der Waals surface area contributed by atoms with Gasteiger partial charge in [0.15, 0.2) is 0 Å². The molecule has 4 aliphatic rings. The Morgan fingerprint density at radius 2 is 1.54 bits per heavy atom. The van der Waals surface area contributed by atoms with Crippen molar-refractivity contribution in [2.45, 2.75) is 44.6 Å². The molecule has 1 N–H and O–H groups in total. The number of piperidine rings is 2. The molecule has 0 bridgehead atoms. The van der Waals surface area contributed by atoms with Crippen LogP contribution < -0.4 is 5.32 Å². The van der Waals surface area contributed by atoms with Crippen molar-refractivity contribution < 1.29 is 14.4 Å². The Labute approximate surface area is 167 Å². The first-order valence-corrected chi connectivity index (χ1v) is 11.0. The maximum absolute atomic E-state index is 13.2. The van der Waals surface area contributed by atoms with Crippen molar-refractivity contribution in [1.29, 1.82) is 0 Å². The zero-order valence-electron chi connectivity index (χ0n) is 16.8. The summed E-state index contributed by atoms with van der Waals surface area (Å²) in [6, 6.07) is 0.246. The van der Waals surface area contributed by atoms with Crippen LogP contribution in [0.2, 0.25) is 0 Å². The molecule has 2 atom stereocenters. The number of carbonyl (C=O) groups excluding carboxylic acids is 3. The van der Waals surface area contributed by atoms with Crippen LogP contribution in [0.25, 0.3) is 0 Å². The first-order chi connectivity index (χ1) is 13.6. The molecule has 156 valence electrons. The summed E-state index contributed by atoms with van der Waals surface area (Å²) in [7, 11) is 0. The molecule has 4 rings (SSSR count). The maximum Gasteiger partial charge on any atom is 0.320 e. The Bertz CT molecular complexity index is 607. The lowest BCUT2D eigenvalue weighted by atomic mass is 9.94. The molecule has 2 unspecified atom stereocenters. The second kappa shape index (κ2) is 8.68. The third-order valence-corrected chi connectivity index (χ3v) is 6.69. The van der Waals surface area contributed by atoms with Crippen LogP contribution in [0.3, 0.4) is 0 Å². The molecule has 28 heavy (non-hydrogen) atoms. The zero-order chi connectivity index (χ0) is 19.5. The molecule has 4 aliphatic heterocycles. The average molecular weight is 392 g/mol. The topological polar surface area (TPSA) is 76.2 Å². The van der Waals surface area contributed by atoms with Crippen LogP contribution >= 0.6 is 0 Å². The van der Waals surface area contributed by atoms with Crippen LogP contribution in [0.4, 0.5) is 4.79 Å². The SMILES string of the molecule is O=C(C1CCCN(C(=O)N2CCCC2)C1)N1CCCC(N2CCNCC2=O)C1. The third kappa shape index (κ3) is 4.11. The summed E-state index contributed by atoms with van der Waals surface area (Å²) in [5.41, 5.74) is 0. The minimum atomic E-state index is -0.0993. The van der Waals surface area contributed by atoms with Crippen LogP contribution in [-0.4, -0.2) is 102 Å². The van der Waals surface area contributed by atoms with Gasteiger partial charge in [-0.05, 0) is 38.5 Å². The second-order valence-corrected chi connectivity index (χ2v) is 8.61. The smallest absolute Gasteiger partial charge is 0.320 e. The number of hydrogen-bond acceptors (Lipinski definition) is 4. The number of amides is 4. The summed E-state index contributed by atoms with van der Waals surface area (Å²) >= 11 is 0. The van der Waals surface area contributed by atoms with E-state index in [1.807, 2.05) is 19.6 Å². The molecular weight excluding hydrogens is 358 g/mol. The van der Waals surface area contributed by atoms with Gasteiger partial charge in [-0.15, -0.1) is 0 Å². The Kier molecular flexibility index (Phi) is 6.04. The second-order valence-electron chi connectivity index (χ2n) is 8.61. The summed E-state index contributed by atoms with van der Waals surface area (Å²) in [6.45, 7) is 6.37. The van der Waals surface area contributed by atoms with E-state index in [2.05, 4.69) is 5.32 Å². The van der Waals surface area contributed by atoms with Crippen LogP contribution in [0.15, 0.2) is 0 Å². The molecule has 8 heteroatoms. The van der Waals surface area contributed by atoms with E-state index in [0.717, 1.165) is 77.8 Å². The summed E-state index contributed by atoms with van der Waals surface area (Å²) in [5.74, 6) is 0.217. The van der Waals surface area contributed by atoms with Crippen LogP contribution in [0.5, 0.6) is 0 Å². The molecule has 4 amide bonds. The van der Waals surface area contributed by atoms with Gasteiger partial charge in [0, 0.05) is 58.4 Å². The van der Waals surface area contributed by atoms with Crippen LogP contribution in [0, 0.1) is 5.92 Å². The highest BCUT2D eigenvalue weighted by Crippen LogP contribution is 2.24. The van der Waals surface area contributed by atoms with E-state index in [1.54, 1.807) is 0 Å². The Morgan fingerprint density at radius 1 is 0.821 bits per heavy atom. The van der Waals surface area contributed by atoms with Crippen LogP contribution in [0.1, 0.15) is 38.5 Å². The van der Waals surface area contributed by atoms with Gasteiger partial charge in [-0.2, -0.15) is 0 Å². The predicted molar refractivity (Wildman–Crippen MR) is 105 cm³/mol. The Hall–Kier alpha value is -1.83. The fourth-order valence-electron chi connectivity index (χ4n) is 5.14. The minimum absolute atomic E-state index is 0.0993. The number of urea groups is 1. The highest BCUT2D eigenvalue weighted by atomic mass is 16.2. The molecule has 0 aliphatic carbocycles. The largest absolute Gasteiger partial charge is 0.340 e. The highest BCUT2D eigenvalue weighted by molar-refractivity contribution is 5.82. The standard InChI is InChI=1S/C20H33N5O3/c26-18-13-21-7-12-25(18)17-6-4-10-23(15-17)19(27)16-5-3-11-24(14-16)20(28)22-8-1-2-9-22/h16-17,21H,1-15H2. The number of carbonyl (C=O) groups is 3. The number of nitrogens with zero attached hydrogens (tertiary/aromatic N) is 4. The molecule has 4 heterocycles. The fourth-order valence-corrected chi connectivity index (χ4v) is 5.14. The molecule has 0 saturated carbocycles. The summed E-state index contributed by atoms with van der Waals surface area (Å²) < 4.78 is 0. The molecule has 0 radical (unpaired) electrons. The minimum Gasteiger partial charge on any atom is -0.340 e. The number of likely N-dealkylation sites (tertiary alicyclic amines) is 3. The average Bonchev–Trinajstić information content (AvgIpc) is 3.28. The van der Waals surface area contributed by atoms with E-state index in [9.17, 15) is 14.4 Å². The van der Waals surface area contributed by atoms with Gasteiger partial charge >= 0.3 is 6.03 Å². The lowest BCUT2D eigenvalue weighted by Gasteiger charge is -2.43. The van der Waals surface area contributed by atoms with Crippen molar-refractivity contribution in [3.8, 4) is 0 Å². The summed E-state index contributed by atoms with van der Waals surface area (Å²) in [4.78, 5) is 45.9. The quantitative estimate of drug-likeness (QED) is 0.736.